The summed E-state index contributed by atoms with van der Waals surface area (Å²) in [6, 6.07) is 20.3. The van der Waals surface area contributed by atoms with Crippen molar-refractivity contribution in [2.75, 3.05) is 13.2 Å². The van der Waals surface area contributed by atoms with E-state index in [2.05, 4.69) is 17.8 Å². The number of carbonyl (C=O) groups excluding carboxylic acids is 2. The van der Waals surface area contributed by atoms with Crippen molar-refractivity contribution in [1.29, 1.82) is 0 Å². The molecular weight excluding hydrogens is 392 g/mol. The third-order valence-electron chi connectivity index (χ3n) is 4.81. The van der Waals surface area contributed by atoms with Gasteiger partial charge >= 0.3 is 0 Å². The molecule has 0 bridgehead atoms. The Hall–Kier alpha value is -3.54. The van der Waals surface area contributed by atoms with Crippen LogP contribution in [0.2, 0.25) is 0 Å². The summed E-state index contributed by atoms with van der Waals surface area (Å²) >= 11 is 0. The van der Waals surface area contributed by atoms with Crippen LogP contribution in [0.1, 0.15) is 43.0 Å². The predicted molar refractivity (Wildman–Crippen MR) is 121 cm³/mol. The van der Waals surface area contributed by atoms with E-state index in [0.717, 1.165) is 29.4 Å². The summed E-state index contributed by atoms with van der Waals surface area (Å²) in [7, 11) is 0. The van der Waals surface area contributed by atoms with Crippen molar-refractivity contribution < 1.29 is 19.1 Å². The van der Waals surface area contributed by atoms with Gasteiger partial charge in [-0.3, -0.25) is 20.4 Å². The Bertz CT molecular complexity index is 997. The lowest BCUT2D eigenvalue weighted by atomic mass is 10.1. The Morgan fingerprint density at radius 1 is 0.806 bits per heavy atom. The lowest BCUT2D eigenvalue weighted by Crippen LogP contribution is -2.43. The first-order valence-electron chi connectivity index (χ1n) is 10.6. The molecular formula is C25H28N2O4. The number of hydrazine groups is 1. The third kappa shape index (κ3) is 6.74. The number of ether oxygens (including phenoxy) is 2. The van der Waals surface area contributed by atoms with Crippen LogP contribution in [0.15, 0.2) is 66.7 Å². The van der Waals surface area contributed by atoms with Gasteiger partial charge in [0.25, 0.3) is 11.8 Å². The van der Waals surface area contributed by atoms with Gasteiger partial charge in [0, 0.05) is 10.9 Å². The first-order valence-corrected chi connectivity index (χ1v) is 10.6. The molecule has 162 valence electrons. The minimum Gasteiger partial charge on any atom is -0.494 e. The molecule has 0 radical (unpaired) electrons. The summed E-state index contributed by atoms with van der Waals surface area (Å²) in [5.74, 6) is 0.478. The van der Waals surface area contributed by atoms with Gasteiger partial charge in [-0.2, -0.15) is 0 Å². The normalized spacial score (nSPS) is 10.5. The maximum absolute atomic E-state index is 12.2. The van der Waals surface area contributed by atoms with Gasteiger partial charge in [-0.15, -0.1) is 0 Å². The van der Waals surface area contributed by atoms with E-state index in [-0.39, 0.29) is 6.61 Å². The summed E-state index contributed by atoms with van der Waals surface area (Å²) in [4.78, 5) is 24.3. The predicted octanol–water partition coefficient (Wildman–Crippen LogP) is 4.64. The Morgan fingerprint density at radius 3 is 2.39 bits per heavy atom. The standard InChI is InChI=1S/C25H28N2O4/c1-2-3-4-7-17-30-21-15-13-20(14-16-21)25(29)27-26-24(28)18-31-23-12-8-10-19-9-5-6-11-22(19)23/h5-6,8-16H,2-4,7,17-18H2,1H3,(H,26,28)(H,27,29). The molecule has 2 N–H and O–H groups in total. The highest BCUT2D eigenvalue weighted by Crippen LogP contribution is 2.24. The van der Waals surface area contributed by atoms with E-state index in [1.54, 1.807) is 24.3 Å². The largest absolute Gasteiger partial charge is 0.494 e. The fraction of sp³-hybridized carbons (Fsp3) is 0.280. The van der Waals surface area contributed by atoms with E-state index in [0.29, 0.717) is 17.9 Å². The van der Waals surface area contributed by atoms with Gasteiger partial charge in [-0.25, -0.2) is 0 Å². The molecule has 0 fully saturated rings. The number of amides is 2. The summed E-state index contributed by atoms with van der Waals surface area (Å²) in [6.45, 7) is 2.63. The van der Waals surface area contributed by atoms with Crippen LogP contribution in [0.3, 0.4) is 0 Å². The molecule has 6 nitrogen and oxygen atoms in total. The molecule has 2 amide bonds. The van der Waals surface area contributed by atoms with Gasteiger partial charge in [0.1, 0.15) is 11.5 Å². The first kappa shape index (κ1) is 22.2. The second-order valence-corrected chi connectivity index (χ2v) is 7.20. The van der Waals surface area contributed by atoms with Crippen molar-refractivity contribution in [3.63, 3.8) is 0 Å². The molecule has 3 aromatic rings. The van der Waals surface area contributed by atoms with Crippen LogP contribution in [-0.4, -0.2) is 25.0 Å². The van der Waals surface area contributed by atoms with Gasteiger partial charge in [0.2, 0.25) is 0 Å². The fourth-order valence-corrected chi connectivity index (χ4v) is 3.12. The summed E-state index contributed by atoms with van der Waals surface area (Å²) in [5, 5.41) is 1.96. The lowest BCUT2D eigenvalue weighted by molar-refractivity contribution is -0.123. The number of rotatable bonds is 10. The Balaban J connectivity index is 1.42. The van der Waals surface area contributed by atoms with Crippen molar-refractivity contribution in [2.45, 2.75) is 32.6 Å². The number of unbranched alkanes of at least 4 members (excludes halogenated alkanes) is 3. The molecule has 0 aliphatic carbocycles. The summed E-state index contributed by atoms with van der Waals surface area (Å²) in [5.41, 5.74) is 5.20. The zero-order valence-electron chi connectivity index (χ0n) is 17.7. The zero-order chi connectivity index (χ0) is 21.9. The van der Waals surface area contributed by atoms with E-state index in [4.69, 9.17) is 9.47 Å². The van der Waals surface area contributed by atoms with Crippen LogP contribution in [0.5, 0.6) is 11.5 Å². The average Bonchev–Trinajstić information content (AvgIpc) is 2.81. The SMILES string of the molecule is CCCCCCOc1ccc(C(=O)NNC(=O)COc2cccc3ccccc23)cc1. The van der Waals surface area contributed by atoms with E-state index < -0.39 is 11.8 Å². The second kappa shape index (κ2) is 11.6. The minimum absolute atomic E-state index is 0.209. The van der Waals surface area contributed by atoms with Crippen LogP contribution in [-0.2, 0) is 4.79 Å². The molecule has 0 saturated carbocycles. The zero-order valence-corrected chi connectivity index (χ0v) is 17.7. The highest BCUT2D eigenvalue weighted by molar-refractivity contribution is 5.95. The van der Waals surface area contributed by atoms with Gasteiger partial charge in [-0.05, 0) is 42.1 Å². The maximum atomic E-state index is 12.2. The van der Waals surface area contributed by atoms with Gasteiger partial charge in [0.05, 0.1) is 6.61 Å². The molecule has 3 rings (SSSR count). The molecule has 0 atom stereocenters. The number of hydrogen-bond donors (Lipinski definition) is 2. The Kier molecular flexibility index (Phi) is 8.29. The molecule has 0 heterocycles. The maximum Gasteiger partial charge on any atom is 0.276 e. The summed E-state index contributed by atoms with van der Waals surface area (Å²) < 4.78 is 11.3. The van der Waals surface area contributed by atoms with Crippen LogP contribution < -0.4 is 20.3 Å². The molecule has 0 aromatic heterocycles. The number of benzene rings is 3. The van der Waals surface area contributed by atoms with E-state index in [1.165, 1.54) is 12.8 Å². The molecule has 0 spiro atoms. The second-order valence-electron chi connectivity index (χ2n) is 7.20. The molecule has 0 aliphatic heterocycles. The smallest absolute Gasteiger partial charge is 0.276 e. The Labute approximate surface area is 182 Å². The molecule has 3 aromatic carbocycles. The van der Waals surface area contributed by atoms with Gasteiger partial charge in [-0.1, -0.05) is 62.6 Å². The lowest BCUT2D eigenvalue weighted by Gasteiger charge is -2.11. The molecule has 0 unspecified atom stereocenters. The number of nitrogens with one attached hydrogen (secondary N) is 2. The van der Waals surface area contributed by atoms with Crippen molar-refractivity contribution >= 4 is 22.6 Å². The number of carbonyl (C=O) groups is 2. The highest BCUT2D eigenvalue weighted by atomic mass is 16.5. The van der Waals surface area contributed by atoms with E-state index in [1.807, 2.05) is 42.5 Å². The van der Waals surface area contributed by atoms with Gasteiger partial charge in [0.15, 0.2) is 6.61 Å². The summed E-state index contributed by atoms with van der Waals surface area (Å²) in [6.07, 6.45) is 4.57. The average molecular weight is 421 g/mol. The van der Waals surface area contributed by atoms with Crippen molar-refractivity contribution in [3.8, 4) is 11.5 Å². The van der Waals surface area contributed by atoms with E-state index >= 15 is 0 Å². The Morgan fingerprint density at radius 2 is 1.58 bits per heavy atom. The minimum atomic E-state index is -0.451. The molecule has 31 heavy (non-hydrogen) atoms. The van der Waals surface area contributed by atoms with Crippen LogP contribution >= 0.6 is 0 Å². The van der Waals surface area contributed by atoms with Crippen molar-refractivity contribution in [2.24, 2.45) is 0 Å². The first-order chi connectivity index (χ1) is 15.2. The molecule has 6 heteroatoms. The topological polar surface area (TPSA) is 76.7 Å². The van der Waals surface area contributed by atoms with Gasteiger partial charge < -0.3 is 9.47 Å². The number of fused-ring (bicyclic) bond motifs is 1. The van der Waals surface area contributed by atoms with Crippen LogP contribution in [0.25, 0.3) is 10.8 Å². The third-order valence-corrected chi connectivity index (χ3v) is 4.81. The van der Waals surface area contributed by atoms with Crippen molar-refractivity contribution in [1.82, 2.24) is 10.9 Å². The molecule has 0 saturated heterocycles. The van der Waals surface area contributed by atoms with Crippen LogP contribution in [0.4, 0.5) is 0 Å². The monoisotopic (exact) mass is 420 g/mol. The molecule has 0 aliphatic rings. The van der Waals surface area contributed by atoms with E-state index in [9.17, 15) is 9.59 Å². The van der Waals surface area contributed by atoms with Crippen molar-refractivity contribution in [3.05, 3.63) is 72.3 Å². The fourth-order valence-electron chi connectivity index (χ4n) is 3.12. The number of hydrogen-bond acceptors (Lipinski definition) is 4. The quantitative estimate of drug-likeness (QED) is 0.370. The van der Waals surface area contributed by atoms with Crippen LogP contribution in [0, 0.1) is 0 Å². The highest BCUT2D eigenvalue weighted by Gasteiger charge is 2.09.